The Hall–Kier alpha value is -2.14. The molecule has 1 fully saturated rings. The lowest BCUT2D eigenvalue weighted by molar-refractivity contribution is -0.115. The number of primary sulfonamides is 1. The first-order valence-electron chi connectivity index (χ1n) is 7.52. The summed E-state index contributed by atoms with van der Waals surface area (Å²) in [6.45, 7) is 0. The van der Waals surface area contributed by atoms with Gasteiger partial charge in [-0.25, -0.2) is 18.5 Å². The number of aliphatic imine (C=N–C) groups is 1. The number of methoxy groups -OCH3 is 1. The highest BCUT2D eigenvalue weighted by molar-refractivity contribution is 9.10. The van der Waals surface area contributed by atoms with Crippen LogP contribution in [0.5, 0.6) is 5.75 Å². The van der Waals surface area contributed by atoms with Gasteiger partial charge in [-0.05, 0) is 60.3 Å². The predicted octanol–water partition coefficient (Wildman–Crippen LogP) is 3.00. The Bertz CT molecular complexity index is 1060. The lowest BCUT2D eigenvalue weighted by Crippen LogP contribution is -2.19. The van der Waals surface area contributed by atoms with Crippen molar-refractivity contribution in [1.82, 2.24) is 5.32 Å². The van der Waals surface area contributed by atoms with Crippen molar-refractivity contribution in [3.05, 3.63) is 57.4 Å². The van der Waals surface area contributed by atoms with Crippen molar-refractivity contribution in [2.24, 2.45) is 10.1 Å². The Balaban J connectivity index is 1.85. The third-order valence-electron chi connectivity index (χ3n) is 3.53. The number of thioether (sulfide) groups is 1. The number of hydrogen-bond acceptors (Lipinski definition) is 6. The number of nitrogens with two attached hydrogens (primary N) is 1. The van der Waals surface area contributed by atoms with Gasteiger partial charge in [-0.1, -0.05) is 15.9 Å². The number of rotatable bonds is 4. The second-order valence-electron chi connectivity index (χ2n) is 5.41. The summed E-state index contributed by atoms with van der Waals surface area (Å²) in [6, 6.07) is 11.2. The van der Waals surface area contributed by atoms with Crippen LogP contribution in [0.3, 0.4) is 0 Å². The standard InChI is InChI=1S/C17H14BrN3O4S2/c1-25-14-7-2-11(18)8-10(14)9-15-16(22)21-17(26-15)20-12-3-5-13(6-4-12)27(19,23)24/h2-9H,1H3,(H2,19,23,24)(H,20,21,22). The molecule has 3 N–H and O–H groups in total. The van der Waals surface area contributed by atoms with Crippen molar-refractivity contribution >= 4 is 60.6 Å². The molecule has 140 valence electrons. The fraction of sp³-hybridized carbons (Fsp3) is 0.0588. The van der Waals surface area contributed by atoms with Crippen molar-refractivity contribution in [1.29, 1.82) is 0 Å². The molecule has 1 aliphatic rings. The number of amides is 1. The molecule has 0 atom stereocenters. The number of ether oxygens (including phenoxy) is 1. The summed E-state index contributed by atoms with van der Waals surface area (Å²) in [7, 11) is -2.20. The van der Waals surface area contributed by atoms with Crippen molar-refractivity contribution in [3.63, 3.8) is 0 Å². The summed E-state index contributed by atoms with van der Waals surface area (Å²) in [5.41, 5.74) is 1.25. The summed E-state index contributed by atoms with van der Waals surface area (Å²) < 4.78 is 28.7. The minimum Gasteiger partial charge on any atom is -0.496 e. The predicted molar refractivity (Wildman–Crippen MR) is 109 cm³/mol. The second-order valence-corrected chi connectivity index (χ2v) is 8.91. The maximum absolute atomic E-state index is 12.2. The number of carbonyl (C=O) groups excluding carboxylic acids is 1. The van der Waals surface area contributed by atoms with E-state index >= 15 is 0 Å². The van der Waals surface area contributed by atoms with Crippen LogP contribution in [0.4, 0.5) is 5.69 Å². The SMILES string of the molecule is COc1ccc(Br)cc1C=C1SC(=Nc2ccc(S(N)(=O)=O)cc2)NC1=O. The van der Waals surface area contributed by atoms with Crippen LogP contribution in [0.25, 0.3) is 6.08 Å². The minimum atomic E-state index is -3.76. The van der Waals surface area contributed by atoms with Gasteiger partial charge in [0.05, 0.1) is 22.6 Å². The van der Waals surface area contributed by atoms with E-state index in [9.17, 15) is 13.2 Å². The fourth-order valence-corrected chi connectivity index (χ4v) is 3.99. The van der Waals surface area contributed by atoms with Crippen LogP contribution < -0.4 is 15.2 Å². The van der Waals surface area contributed by atoms with Gasteiger partial charge in [0.2, 0.25) is 10.0 Å². The van der Waals surface area contributed by atoms with Gasteiger partial charge in [0.15, 0.2) is 5.17 Å². The summed E-state index contributed by atoms with van der Waals surface area (Å²) in [4.78, 5) is 17.0. The Morgan fingerprint density at radius 3 is 2.56 bits per heavy atom. The van der Waals surface area contributed by atoms with Crippen molar-refractivity contribution in [3.8, 4) is 5.75 Å². The van der Waals surface area contributed by atoms with Crippen molar-refractivity contribution < 1.29 is 17.9 Å². The van der Waals surface area contributed by atoms with Crippen LogP contribution in [0, 0.1) is 0 Å². The molecule has 7 nitrogen and oxygen atoms in total. The topological polar surface area (TPSA) is 111 Å². The molecular weight excluding hydrogens is 454 g/mol. The van der Waals surface area contributed by atoms with E-state index in [1.807, 2.05) is 12.1 Å². The number of carbonyl (C=O) groups is 1. The van der Waals surface area contributed by atoms with E-state index in [2.05, 4.69) is 26.2 Å². The van der Waals surface area contributed by atoms with Gasteiger partial charge < -0.3 is 10.1 Å². The molecule has 1 heterocycles. The normalized spacial score (nSPS) is 17.4. The van der Waals surface area contributed by atoms with Crippen LogP contribution in [0.1, 0.15) is 5.56 Å². The minimum absolute atomic E-state index is 0.00288. The van der Waals surface area contributed by atoms with Gasteiger partial charge in [-0.15, -0.1) is 0 Å². The Labute approximate surface area is 168 Å². The zero-order valence-electron chi connectivity index (χ0n) is 14.0. The summed E-state index contributed by atoms with van der Waals surface area (Å²) >= 11 is 4.58. The van der Waals surface area contributed by atoms with Gasteiger partial charge in [-0.2, -0.15) is 0 Å². The summed E-state index contributed by atoms with van der Waals surface area (Å²) in [5.74, 6) is 0.366. The Morgan fingerprint density at radius 1 is 1.22 bits per heavy atom. The molecule has 0 unspecified atom stereocenters. The Kier molecular flexibility index (Phi) is 5.70. The number of nitrogens with one attached hydrogen (secondary N) is 1. The molecule has 0 aliphatic carbocycles. The third kappa shape index (κ3) is 4.78. The average molecular weight is 468 g/mol. The van der Waals surface area contributed by atoms with E-state index in [1.54, 1.807) is 19.3 Å². The molecule has 0 radical (unpaired) electrons. The van der Waals surface area contributed by atoms with Gasteiger partial charge in [0.25, 0.3) is 5.91 Å². The number of halogens is 1. The van der Waals surface area contributed by atoms with Crippen LogP contribution >= 0.6 is 27.7 Å². The highest BCUT2D eigenvalue weighted by Gasteiger charge is 2.24. The van der Waals surface area contributed by atoms with Crippen LogP contribution in [0.2, 0.25) is 0 Å². The molecule has 3 rings (SSSR count). The molecule has 27 heavy (non-hydrogen) atoms. The molecule has 2 aromatic rings. The molecule has 0 saturated carbocycles. The highest BCUT2D eigenvalue weighted by atomic mass is 79.9. The number of nitrogens with zero attached hydrogens (tertiary/aromatic N) is 1. The lowest BCUT2D eigenvalue weighted by atomic mass is 10.2. The molecule has 1 saturated heterocycles. The summed E-state index contributed by atoms with van der Waals surface area (Å²) in [5, 5.41) is 8.14. The third-order valence-corrected chi connectivity index (χ3v) is 5.86. The van der Waals surface area contributed by atoms with E-state index in [1.165, 1.54) is 36.0 Å². The van der Waals surface area contributed by atoms with E-state index in [-0.39, 0.29) is 10.8 Å². The molecule has 0 aromatic heterocycles. The molecule has 1 aliphatic heterocycles. The number of benzene rings is 2. The van der Waals surface area contributed by atoms with Crippen LogP contribution in [-0.2, 0) is 14.8 Å². The van der Waals surface area contributed by atoms with Crippen molar-refractivity contribution in [2.75, 3.05) is 7.11 Å². The van der Waals surface area contributed by atoms with E-state index in [4.69, 9.17) is 9.88 Å². The Morgan fingerprint density at radius 2 is 1.93 bits per heavy atom. The number of sulfonamides is 1. The van der Waals surface area contributed by atoms with Crippen LogP contribution in [-0.4, -0.2) is 26.6 Å². The molecule has 1 amide bonds. The molecule has 2 aromatic carbocycles. The maximum Gasteiger partial charge on any atom is 0.264 e. The monoisotopic (exact) mass is 467 g/mol. The number of hydrogen-bond donors (Lipinski definition) is 2. The van der Waals surface area contributed by atoms with Gasteiger partial charge >= 0.3 is 0 Å². The maximum atomic E-state index is 12.2. The van der Waals surface area contributed by atoms with Gasteiger partial charge in [-0.3, -0.25) is 4.79 Å². The van der Waals surface area contributed by atoms with E-state index < -0.39 is 10.0 Å². The largest absolute Gasteiger partial charge is 0.496 e. The second kappa shape index (κ2) is 7.85. The lowest BCUT2D eigenvalue weighted by Gasteiger charge is -2.05. The van der Waals surface area contributed by atoms with E-state index in [0.717, 1.165) is 10.0 Å². The summed E-state index contributed by atoms with van der Waals surface area (Å²) in [6.07, 6.45) is 1.72. The van der Waals surface area contributed by atoms with Crippen molar-refractivity contribution in [2.45, 2.75) is 4.90 Å². The highest BCUT2D eigenvalue weighted by Crippen LogP contribution is 2.32. The molecule has 0 spiro atoms. The molecule has 10 heteroatoms. The average Bonchev–Trinajstić information content (AvgIpc) is 2.94. The van der Waals surface area contributed by atoms with Gasteiger partial charge in [0.1, 0.15) is 5.75 Å². The van der Waals surface area contributed by atoms with E-state index in [0.29, 0.717) is 21.5 Å². The van der Waals surface area contributed by atoms with Gasteiger partial charge in [0, 0.05) is 10.0 Å². The fourth-order valence-electron chi connectivity index (χ4n) is 2.27. The zero-order valence-corrected chi connectivity index (χ0v) is 17.2. The smallest absolute Gasteiger partial charge is 0.264 e. The molecular formula is C17H14BrN3O4S2. The number of amidine groups is 1. The first kappa shape index (κ1) is 19.6. The first-order valence-corrected chi connectivity index (χ1v) is 10.7. The zero-order chi connectivity index (χ0) is 19.6. The van der Waals surface area contributed by atoms with Crippen LogP contribution in [0.15, 0.2) is 61.7 Å². The first-order chi connectivity index (χ1) is 12.8. The molecule has 0 bridgehead atoms. The quantitative estimate of drug-likeness (QED) is 0.671.